The van der Waals surface area contributed by atoms with Gasteiger partial charge in [0.15, 0.2) is 0 Å². The normalized spacial score (nSPS) is 9.62. The lowest BCUT2D eigenvalue weighted by molar-refractivity contribution is 0.640. The van der Waals surface area contributed by atoms with Crippen LogP contribution in [-0.4, -0.2) is 0 Å². The van der Waals surface area contributed by atoms with E-state index in [4.69, 9.17) is 0 Å². The molecule has 0 atom stereocenters. The van der Waals surface area contributed by atoms with Gasteiger partial charge in [0.1, 0.15) is 0 Å². The average Bonchev–Trinajstić information content (AvgIpc) is 2.58. The van der Waals surface area contributed by atoms with Gasteiger partial charge in [-0.05, 0) is 11.1 Å². The van der Waals surface area contributed by atoms with Crippen LogP contribution >= 0.6 is 0 Å². The zero-order valence-corrected chi connectivity index (χ0v) is 15.5. The highest BCUT2D eigenvalue weighted by molar-refractivity contribution is 5.40. The number of hydrogen-bond acceptors (Lipinski definition) is 0. The van der Waals surface area contributed by atoms with E-state index in [1.54, 1.807) is 0 Å². The molecule has 0 spiro atoms. The highest BCUT2D eigenvalue weighted by Gasteiger charge is 2.22. The molecule has 0 unspecified atom stereocenters. The fourth-order valence-corrected chi connectivity index (χ4v) is 1.68. The van der Waals surface area contributed by atoms with E-state index in [9.17, 15) is 0 Å². The number of rotatable bonds is 4. The van der Waals surface area contributed by atoms with E-state index in [0.717, 1.165) is 0 Å². The molecule has 0 heterocycles. The smallest absolute Gasteiger partial charge is 0.0146 e. The maximum atomic E-state index is 3.86. The van der Waals surface area contributed by atoms with E-state index in [1.807, 2.05) is 65.8 Å². The standard InChI is InChI=1S/C15H18.3C2H6/c1-5-10-13(6-2)15(3,4)14-11-8-7-9-12-14;3*1-2/h5-12H,1-2H2,3-4H3;3*1-2H3/b13-10+;;;. The van der Waals surface area contributed by atoms with Crippen LogP contribution in [0.4, 0.5) is 0 Å². The topological polar surface area (TPSA) is 0 Å². The molecule has 0 heteroatoms. The van der Waals surface area contributed by atoms with Gasteiger partial charge in [0.05, 0.1) is 0 Å². The van der Waals surface area contributed by atoms with Crippen molar-refractivity contribution in [3.8, 4) is 0 Å². The van der Waals surface area contributed by atoms with E-state index in [-0.39, 0.29) is 5.41 Å². The molecule has 0 aliphatic rings. The molecule has 21 heavy (non-hydrogen) atoms. The van der Waals surface area contributed by atoms with Crippen molar-refractivity contribution in [1.82, 2.24) is 0 Å². The molecular weight excluding hydrogens is 252 g/mol. The number of benzene rings is 1. The SMILES string of the molecule is C=C/C=C(\C=C)C(C)(C)c1ccccc1.CC.CC.CC. The predicted octanol–water partition coefficient (Wildman–Crippen LogP) is 7.34. The highest BCUT2D eigenvalue weighted by Crippen LogP contribution is 2.31. The first-order chi connectivity index (χ1) is 10.1. The monoisotopic (exact) mass is 288 g/mol. The fraction of sp³-hybridized carbons (Fsp3) is 0.429. The van der Waals surface area contributed by atoms with Crippen LogP contribution in [0.1, 0.15) is 61.0 Å². The van der Waals surface area contributed by atoms with Crippen LogP contribution in [0.2, 0.25) is 0 Å². The Morgan fingerprint density at radius 2 is 1.29 bits per heavy atom. The van der Waals surface area contributed by atoms with Crippen LogP contribution in [0.15, 0.2) is 67.3 Å². The maximum Gasteiger partial charge on any atom is 0.0146 e. The van der Waals surface area contributed by atoms with Gasteiger partial charge in [-0.15, -0.1) is 0 Å². The maximum absolute atomic E-state index is 3.86. The molecule has 0 fully saturated rings. The molecule has 0 aliphatic carbocycles. The van der Waals surface area contributed by atoms with Gasteiger partial charge < -0.3 is 0 Å². The lowest BCUT2D eigenvalue weighted by Gasteiger charge is -2.26. The van der Waals surface area contributed by atoms with Gasteiger partial charge in [-0.2, -0.15) is 0 Å². The first kappa shape index (κ1) is 24.5. The second-order valence-corrected chi connectivity index (χ2v) is 4.05. The zero-order valence-electron chi connectivity index (χ0n) is 15.5. The van der Waals surface area contributed by atoms with E-state index >= 15 is 0 Å². The van der Waals surface area contributed by atoms with Crippen molar-refractivity contribution in [3.05, 3.63) is 72.9 Å². The van der Waals surface area contributed by atoms with E-state index in [0.29, 0.717) is 0 Å². The van der Waals surface area contributed by atoms with Crippen molar-refractivity contribution in [3.63, 3.8) is 0 Å². The average molecular weight is 289 g/mol. The Labute approximate surface area is 134 Å². The summed E-state index contributed by atoms with van der Waals surface area (Å²) in [4.78, 5) is 0. The molecule has 0 radical (unpaired) electrons. The molecule has 1 aromatic rings. The van der Waals surface area contributed by atoms with E-state index < -0.39 is 0 Å². The van der Waals surface area contributed by atoms with Crippen molar-refractivity contribution in [2.75, 3.05) is 0 Å². The van der Waals surface area contributed by atoms with Gasteiger partial charge in [-0.3, -0.25) is 0 Å². The third-order valence-corrected chi connectivity index (χ3v) is 2.73. The minimum atomic E-state index is -0.0167. The van der Waals surface area contributed by atoms with Crippen LogP contribution in [0.25, 0.3) is 0 Å². The van der Waals surface area contributed by atoms with Gasteiger partial charge in [0, 0.05) is 5.41 Å². The quantitative estimate of drug-likeness (QED) is 0.508. The van der Waals surface area contributed by atoms with Gasteiger partial charge in [-0.25, -0.2) is 0 Å². The lowest BCUT2D eigenvalue weighted by atomic mass is 9.77. The Morgan fingerprint density at radius 3 is 1.62 bits per heavy atom. The summed E-state index contributed by atoms with van der Waals surface area (Å²) < 4.78 is 0. The second-order valence-electron chi connectivity index (χ2n) is 4.05. The van der Waals surface area contributed by atoms with Crippen molar-refractivity contribution in [1.29, 1.82) is 0 Å². The molecule has 1 rings (SSSR count). The molecule has 120 valence electrons. The van der Waals surface area contributed by atoms with Crippen molar-refractivity contribution < 1.29 is 0 Å². The van der Waals surface area contributed by atoms with Crippen molar-refractivity contribution in [2.45, 2.75) is 60.8 Å². The number of allylic oxidation sites excluding steroid dienone is 4. The molecule has 0 N–H and O–H groups in total. The fourth-order valence-electron chi connectivity index (χ4n) is 1.68. The van der Waals surface area contributed by atoms with Gasteiger partial charge in [0.25, 0.3) is 0 Å². The minimum Gasteiger partial charge on any atom is -0.0991 e. The second kappa shape index (κ2) is 16.5. The van der Waals surface area contributed by atoms with E-state index in [1.165, 1.54) is 11.1 Å². The molecular formula is C21H36. The third-order valence-electron chi connectivity index (χ3n) is 2.73. The molecule has 0 saturated carbocycles. The summed E-state index contributed by atoms with van der Waals surface area (Å²) in [6.07, 6.45) is 5.72. The molecule has 0 bridgehead atoms. The Balaban J connectivity index is -0.000000478. The summed E-state index contributed by atoms with van der Waals surface area (Å²) in [5, 5.41) is 0. The summed E-state index contributed by atoms with van der Waals surface area (Å²) in [7, 11) is 0. The molecule has 0 amide bonds. The summed E-state index contributed by atoms with van der Waals surface area (Å²) in [6, 6.07) is 10.4. The summed E-state index contributed by atoms with van der Waals surface area (Å²) in [5.41, 5.74) is 2.46. The molecule has 0 aromatic heterocycles. The minimum absolute atomic E-state index is 0.0167. The molecule has 0 aliphatic heterocycles. The molecule has 0 saturated heterocycles. The molecule has 0 nitrogen and oxygen atoms in total. The first-order valence-electron chi connectivity index (χ1n) is 8.14. The zero-order chi connectivity index (χ0) is 17.3. The predicted molar refractivity (Wildman–Crippen MR) is 102 cm³/mol. The van der Waals surface area contributed by atoms with E-state index in [2.05, 4.69) is 51.3 Å². The lowest BCUT2D eigenvalue weighted by Crippen LogP contribution is -2.18. The van der Waals surface area contributed by atoms with Crippen molar-refractivity contribution in [2.24, 2.45) is 0 Å². The van der Waals surface area contributed by atoms with Gasteiger partial charge >= 0.3 is 0 Å². The van der Waals surface area contributed by atoms with Gasteiger partial charge in [-0.1, -0.05) is 117 Å². The summed E-state index contributed by atoms with van der Waals surface area (Å²) in [5.74, 6) is 0. The summed E-state index contributed by atoms with van der Waals surface area (Å²) in [6.45, 7) is 24.0. The Morgan fingerprint density at radius 1 is 0.857 bits per heavy atom. The largest absolute Gasteiger partial charge is 0.0991 e. The van der Waals surface area contributed by atoms with Gasteiger partial charge in [0.2, 0.25) is 0 Å². The van der Waals surface area contributed by atoms with Crippen LogP contribution in [0.5, 0.6) is 0 Å². The molecule has 1 aromatic carbocycles. The number of hydrogen-bond donors (Lipinski definition) is 0. The first-order valence-corrected chi connectivity index (χ1v) is 8.14. The van der Waals surface area contributed by atoms with Crippen LogP contribution in [0, 0.1) is 0 Å². The van der Waals surface area contributed by atoms with Crippen LogP contribution < -0.4 is 0 Å². The Bertz CT molecular complexity index is 366. The Kier molecular flexibility index (Phi) is 19.2. The van der Waals surface area contributed by atoms with Crippen LogP contribution in [0.3, 0.4) is 0 Å². The van der Waals surface area contributed by atoms with Crippen LogP contribution in [-0.2, 0) is 5.41 Å². The summed E-state index contributed by atoms with van der Waals surface area (Å²) >= 11 is 0. The highest BCUT2D eigenvalue weighted by atomic mass is 14.3. The Hall–Kier alpha value is -1.56. The van der Waals surface area contributed by atoms with Crippen molar-refractivity contribution >= 4 is 0 Å². The third kappa shape index (κ3) is 9.07.